The van der Waals surface area contributed by atoms with E-state index < -0.39 is 10.0 Å². The topological polar surface area (TPSA) is 81.9 Å². The highest BCUT2D eigenvalue weighted by molar-refractivity contribution is 7.89. The normalized spacial score (nSPS) is 13.5. The third-order valence-corrected chi connectivity index (χ3v) is 4.39. The van der Waals surface area contributed by atoms with E-state index in [0.717, 1.165) is 4.31 Å². The summed E-state index contributed by atoms with van der Waals surface area (Å²) in [5, 5.41) is 0. The molecule has 108 valence electrons. The van der Waals surface area contributed by atoms with Gasteiger partial charge in [-0.3, -0.25) is 0 Å². The molecule has 0 fully saturated rings. The lowest BCUT2D eigenvalue weighted by atomic mass is 10.3. The van der Waals surface area contributed by atoms with Gasteiger partial charge in [0.05, 0.1) is 12.3 Å². The summed E-state index contributed by atoms with van der Waals surface area (Å²) in [5.74, 6) is 0.340. The van der Waals surface area contributed by atoms with Gasteiger partial charge in [-0.1, -0.05) is 6.07 Å². The summed E-state index contributed by atoms with van der Waals surface area (Å²) in [7, 11) is 0.893. The van der Waals surface area contributed by atoms with E-state index in [0.29, 0.717) is 12.4 Å². The molecule has 0 aliphatic rings. The number of para-hydroxylation sites is 1. The Bertz CT molecular complexity index is 529. The molecule has 0 spiro atoms. The fourth-order valence-electron chi connectivity index (χ4n) is 1.53. The zero-order valence-corrected chi connectivity index (χ0v) is 12.4. The lowest BCUT2D eigenvalue weighted by Crippen LogP contribution is -2.24. The summed E-state index contributed by atoms with van der Waals surface area (Å²) in [6.07, 6.45) is -0.218. The summed E-state index contributed by atoms with van der Waals surface area (Å²) in [6, 6.07) is 4.69. The van der Waals surface area contributed by atoms with Gasteiger partial charge in [0.25, 0.3) is 0 Å². The van der Waals surface area contributed by atoms with Crippen LogP contribution in [0.5, 0.6) is 5.75 Å². The minimum atomic E-state index is -3.58. The molecule has 1 aromatic carbocycles. The van der Waals surface area contributed by atoms with Crippen LogP contribution < -0.4 is 10.5 Å². The summed E-state index contributed by atoms with van der Waals surface area (Å²) < 4.78 is 35.8. The number of nitrogen functional groups attached to an aromatic ring is 1. The first-order valence-electron chi connectivity index (χ1n) is 5.77. The van der Waals surface area contributed by atoms with E-state index in [1.165, 1.54) is 20.2 Å². The van der Waals surface area contributed by atoms with E-state index in [4.69, 9.17) is 15.2 Å². The van der Waals surface area contributed by atoms with Gasteiger partial charge in [-0.2, -0.15) is 0 Å². The van der Waals surface area contributed by atoms with Crippen molar-refractivity contribution in [2.24, 2.45) is 0 Å². The molecule has 0 saturated carbocycles. The Balaban J connectivity index is 3.13. The molecule has 1 rings (SSSR count). The van der Waals surface area contributed by atoms with Crippen LogP contribution in [-0.4, -0.2) is 46.6 Å². The maximum atomic E-state index is 12.1. The molecule has 0 saturated heterocycles. The van der Waals surface area contributed by atoms with Crippen molar-refractivity contribution in [1.29, 1.82) is 0 Å². The van der Waals surface area contributed by atoms with Crippen molar-refractivity contribution in [3.63, 3.8) is 0 Å². The highest BCUT2D eigenvalue weighted by atomic mass is 32.2. The smallest absolute Gasteiger partial charge is 0.244 e. The molecular weight excluding hydrogens is 268 g/mol. The number of methoxy groups -OCH3 is 1. The third kappa shape index (κ3) is 3.59. The first kappa shape index (κ1) is 15.7. The van der Waals surface area contributed by atoms with E-state index in [9.17, 15) is 8.42 Å². The largest absolute Gasteiger partial charge is 0.486 e. The molecule has 0 amide bonds. The van der Waals surface area contributed by atoms with Crippen LogP contribution >= 0.6 is 0 Å². The van der Waals surface area contributed by atoms with Gasteiger partial charge in [-0.15, -0.1) is 0 Å². The van der Waals surface area contributed by atoms with Crippen molar-refractivity contribution in [1.82, 2.24) is 4.31 Å². The zero-order chi connectivity index (χ0) is 14.6. The molecule has 6 nitrogen and oxygen atoms in total. The Morgan fingerprint density at radius 3 is 2.53 bits per heavy atom. The van der Waals surface area contributed by atoms with Crippen molar-refractivity contribution in [2.75, 3.05) is 33.5 Å². The molecule has 1 unspecified atom stereocenters. The van der Waals surface area contributed by atoms with Crippen LogP contribution in [0.1, 0.15) is 6.92 Å². The number of hydrogen-bond acceptors (Lipinski definition) is 5. The molecule has 0 aliphatic heterocycles. The van der Waals surface area contributed by atoms with Gasteiger partial charge in [-0.05, 0) is 19.1 Å². The molecule has 7 heteroatoms. The second kappa shape index (κ2) is 6.23. The number of ether oxygens (including phenoxy) is 2. The standard InChI is InChI=1S/C12H20N2O4S/c1-9(8-17-4)18-10-6-5-7-11(12(10)13)19(15,16)14(2)3/h5-7,9H,8,13H2,1-4H3. The number of benzene rings is 1. The van der Waals surface area contributed by atoms with Crippen molar-refractivity contribution < 1.29 is 17.9 Å². The number of anilines is 1. The van der Waals surface area contributed by atoms with Crippen LogP contribution in [0.15, 0.2) is 23.1 Å². The van der Waals surface area contributed by atoms with Gasteiger partial charge in [-0.25, -0.2) is 12.7 Å². The van der Waals surface area contributed by atoms with Gasteiger partial charge < -0.3 is 15.2 Å². The molecule has 19 heavy (non-hydrogen) atoms. The zero-order valence-electron chi connectivity index (χ0n) is 11.6. The molecule has 0 heterocycles. The van der Waals surface area contributed by atoms with E-state index >= 15 is 0 Å². The quantitative estimate of drug-likeness (QED) is 0.788. The first-order valence-corrected chi connectivity index (χ1v) is 7.21. The average molecular weight is 288 g/mol. The summed E-state index contributed by atoms with van der Waals surface area (Å²) >= 11 is 0. The number of hydrogen-bond donors (Lipinski definition) is 1. The summed E-state index contributed by atoms with van der Waals surface area (Å²) in [6.45, 7) is 2.21. The summed E-state index contributed by atoms with van der Waals surface area (Å²) in [4.78, 5) is 0.0413. The Hall–Kier alpha value is -1.31. The average Bonchev–Trinajstić information content (AvgIpc) is 2.31. The number of sulfonamides is 1. The fraction of sp³-hybridized carbons (Fsp3) is 0.500. The van der Waals surface area contributed by atoms with E-state index in [2.05, 4.69) is 0 Å². The maximum Gasteiger partial charge on any atom is 0.244 e. The molecule has 0 aromatic heterocycles. The second-order valence-electron chi connectivity index (χ2n) is 4.34. The van der Waals surface area contributed by atoms with Gasteiger partial charge in [0.2, 0.25) is 10.0 Å². The van der Waals surface area contributed by atoms with E-state index in [-0.39, 0.29) is 16.7 Å². The third-order valence-electron chi connectivity index (χ3n) is 2.51. The van der Waals surface area contributed by atoms with Gasteiger partial charge in [0, 0.05) is 21.2 Å². The molecule has 0 bridgehead atoms. The van der Waals surface area contributed by atoms with Crippen LogP contribution in [0.25, 0.3) is 0 Å². The lowest BCUT2D eigenvalue weighted by molar-refractivity contribution is 0.0924. The number of rotatable bonds is 6. The van der Waals surface area contributed by atoms with Gasteiger partial charge in [0.15, 0.2) is 0 Å². The van der Waals surface area contributed by atoms with Crippen LogP contribution in [0, 0.1) is 0 Å². The predicted octanol–water partition coefficient (Wildman–Crippen LogP) is 0.933. The molecule has 1 atom stereocenters. The fourth-order valence-corrected chi connectivity index (χ4v) is 2.56. The van der Waals surface area contributed by atoms with Gasteiger partial charge in [0.1, 0.15) is 16.7 Å². The molecule has 2 N–H and O–H groups in total. The maximum absolute atomic E-state index is 12.1. The lowest BCUT2D eigenvalue weighted by Gasteiger charge is -2.18. The molecule has 0 aliphatic carbocycles. The number of nitrogens with zero attached hydrogens (tertiary/aromatic N) is 1. The molecule has 1 aromatic rings. The van der Waals surface area contributed by atoms with Crippen LogP contribution in [0.2, 0.25) is 0 Å². The van der Waals surface area contributed by atoms with Crippen LogP contribution in [0.3, 0.4) is 0 Å². The number of nitrogens with two attached hydrogens (primary N) is 1. The van der Waals surface area contributed by atoms with Crippen molar-refractivity contribution in [3.05, 3.63) is 18.2 Å². The highest BCUT2D eigenvalue weighted by Gasteiger charge is 2.22. The molecular formula is C12H20N2O4S. The van der Waals surface area contributed by atoms with E-state index in [1.807, 2.05) is 6.92 Å². The minimum absolute atomic E-state index is 0.0413. The summed E-state index contributed by atoms with van der Waals surface area (Å²) in [5.41, 5.74) is 5.99. The first-order chi connectivity index (χ1) is 8.80. The minimum Gasteiger partial charge on any atom is -0.486 e. The SMILES string of the molecule is COCC(C)Oc1cccc(S(=O)(=O)N(C)C)c1N. The Labute approximate surface area is 114 Å². The second-order valence-corrected chi connectivity index (χ2v) is 6.46. The van der Waals surface area contributed by atoms with Gasteiger partial charge >= 0.3 is 0 Å². The molecule has 0 radical (unpaired) electrons. The van der Waals surface area contributed by atoms with Crippen molar-refractivity contribution in [3.8, 4) is 5.75 Å². The monoisotopic (exact) mass is 288 g/mol. The Morgan fingerprint density at radius 1 is 1.37 bits per heavy atom. The predicted molar refractivity (Wildman–Crippen MR) is 73.7 cm³/mol. The highest BCUT2D eigenvalue weighted by Crippen LogP contribution is 2.30. The Morgan fingerprint density at radius 2 is 2.00 bits per heavy atom. The van der Waals surface area contributed by atoms with Crippen LogP contribution in [0.4, 0.5) is 5.69 Å². The van der Waals surface area contributed by atoms with Crippen LogP contribution in [-0.2, 0) is 14.8 Å². The van der Waals surface area contributed by atoms with Crippen molar-refractivity contribution in [2.45, 2.75) is 17.9 Å². The van der Waals surface area contributed by atoms with Crippen molar-refractivity contribution >= 4 is 15.7 Å². The van der Waals surface area contributed by atoms with E-state index in [1.54, 1.807) is 19.2 Å². The Kier molecular flexibility index (Phi) is 5.16.